The van der Waals surface area contributed by atoms with Crippen LogP contribution in [0.4, 0.5) is 0 Å². The van der Waals surface area contributed by atoms with Gasteiger partial charge in [0.25, 0.3) is 5.56 Å². The number of amides is 1. The molecule has 1 amide bonds. The van der Waals surface area contributed by atoms with E-state index in [2.05, 4.69) is 15.1 Å². The number of Topliss-reactive ketones (excluding diaryl/α,β-unsaturated/α-hetero) is 1. The Labute approximate surface area is 166 Å². The summed E-state index contributed by atoms with van der Waals surface area (Å²) >= 11 is 0. The molecule has 4 rings (SSSR count). The predicted octanol–water partition coefficient (Wildman–Crippen LogP) is 1.76. The van der Waals surface area contributed by atoms with Crippen molar-refractivity contribution in [2.75, 3.05) is 13.1 Å². The summed E-state index contributed by atoms with van der Waals surface area (Å²) in [5.74, 6) is 0.788. The topological polar surface area (TPSA) is 114 Å². The van der Waals surface area contributed by atoms with E-state index in [4.69, 9.17) is 4.52 Å². The van der Waals surface area contributed by atoms with Gasteiger partial charge in [0.1, 0.15) is 17.6 Å². The van der Waals surface area contributed by atoms with E-state index in [0.29, 0.717) is 56.3 Å². The highest BCUT2D eigenvalue weighted by Gasteiger charge is 2.28. The molecule has 1 aliphatic rings. The second-order valence-electron chi connectivity index (χ2n) is 7.46. The SMILES string of the molecule is Cc1ncc2c(=O)[nH]c(CCCC(=O)N3CCC(C(=O)c4cnoc4)CC3)cn12. The van der Waals surface area contributed by atoms with E-state index in [9.17, 15) is 14.4 Å². The van der Waals surface area contributed by atoms with Crippen molar-refractivity contribution in [2.45, 2.75) is 39.0 Å². The van der Waals surface area contributed by atoms with Crippen molar-refractivity contribution in [1.82, 2.24) is 24.4 Å². The van der Waals surface area contributed by atoms with Gasteiger partial charge in [0.05, 0.1) is 18.0 Å². The summed E-state index contributed by atoms with van der Waals surface area (Å²) in [7, 11) is 0. The number of aryl methyl sites for hydroxylation is 2. The quantitative estimate of drug-likeness (QED) is 0.634. The molecule has 9 nitrogen and oxygen atoms in total. The fourth-order valence-electron chi connectivity index (χ4n) is 3.85. The zero-order chi connectivity index (χ0) is 20.4. The van der Waals surface area contributed by atoms with E-state index >= 15 is 0 Å². The van der Waals surface area contributed by atoms with Gasteiger partial charge in [-0.1, -0.05) is 5.16 Å². The zero-order valence-corrected chi connectivity index (χ0v) is 16.3. The van der Waals surface area contributed by atoms with Gasteiger partial charge in [0.2, 0.25) is 5.91 Å². The molecule has 0 saturated carbocycles. The Morgan fingerprint density at radius 1 is 1.28 bits per heavy atom. The lowest BCUT2D eigenvalue weighted by atomic mass is 9.90. The van der Waals surface area contributed by atoms with Gasteiger partial charge in [-0.2, -0.15) is 0 Å². The standard InChI is InChI=1S/C20H23N5O4/c1-13-21-10-17-20(28)23-16(11-25(13)17)3-2-4-18(26)24-7-5-14(6-8-24)19(27)15-9-22-29-12-15/h9-12,14H,2-8H2,1H3,(H,23,28). The van der Waals surface area contributed by atoms with Crippen LogP contribution in [0, 0.1) is 12.8 Å². The summed E-state index contributed by atoms with van der Waals surface area (Å²) < 4.78 is 6.51. The smallest absolute Gasteiger partial charge is 0.274 e. The number of nitrogens with one attached hydrogen (secondary N) is 1. The largest absolute Gasteiger partial charge is 0.364 e. The molecular weight excluding hydrogens is 374 g/mol. The first-order chi connectivity index (χ1) is 14.0. The Kier molecular flexibility index (Phi) is 5.28. The third-order valence-electron chi connectivity index (χ3n) is 5.55. The molecule has 1 N–H and O–H groups in total. The molecule has 0 unspecified atom stereocenters. The summed E-state index contributed by atoms with van der Waals surface area (Å²) in [5, 5.41) is 3.58. The highest BCUT2D eigenvalue weighted by Crippen LogP contribution is 2.22. The first-order valence-corrected chi connectivity index (χ1v) is 9.80. The second-order valence-corrected chi connectivity index (χ2v) is 7.46. The molecule has 4 heterocycles. The van der Waals surface area contributed by atoms with Crippen LogP contribution in [0.5, 0.6) is 0 Å². The molecule has 3 aromatic rings. The molecular formula is C20H23N5O4. The van der Waals surface area contributed by atoms with Crippen LogP contribution in [-0.2, 0) is 11.2 Å². The summed E-state index contributed by atoms with van der Waals surface area (Å²) in [4.78, 5) is 45.8. The van der Waals surface area contributed by atoms with Crippen molar-refractivity contribution >= 4 is 17.2 Å². The second kappa shape index (κ2) is 8.02. The molecule has 1 fully saturated rings. The third-order valence-corrected chi connectivity index (χ3v) is 5.55. The summed E-state index contributed by atoms with van der Waals surface area (Å²) in [6, 6.07) is 0. The van der Waals surface area contributed by atoms with Crippen LogP contribution >= 0.6 is 0 Å². The first kappa shape index (κ1) is 19.1. The van der Waals surface area contributed by atoms with Crippen LogP contribution in [-0.4, -0.2) is 49.2 Å². The van der Waals surface area contributed by atoms with Gasteiger partial charge in [0.15, 0.2) is 5.78 Å². The van der Waals surface area contributed by atoms with Crippen molar-refractivity contribution in [2.24, 2.45) is 5.92 Å². The van der Waals surface area contributed by atoms with Gasteiger partial charge in [-0.3, -0.25) is 18.8 Å². The van der Waals surface area contributed by atoms with Crippen molar-refractivity contribution in [3.63, 3.8) is 0 Å². The minimum absolute atomic E-state index is 0.0347. The monoisotopic (exact) mass is 397 g/mol. The number of fused-ring (bicyclic) bond motifs is 1. The number of ketones is 1. The van der Waals surface area contributed by atoms with Crippen molar-refractivity contribution in [1.29, 1.82) is 0 Å². The highest BCUT2D eigenvalue weighted by molar-refractivity contribution is 5.97. The maximum absolute atomic E-state index is 12.5. The Hall–Kier alpha value is -3.23. The Morgan fingerprint density at radius 3 is 2.79 bits per heavy atom. The number of hydrogen-bond donors (Lipinski definition) is 1. The lowest BCUT2D eigenvalue weighted by Crippen LogP contribution is -2.40. The molecule has 152 valence electrons. The molecule has 1 saturated heterocycles. The van der Waals surface area contributed by atoms with E-state index in [1.807, 2.05) is 18.0 Å². The number of likely N-dealkylation sites (tertiary alicyclic amines) is 1. The van der Waals surface area contributed by atoms with Gasteiger partial charge in [-0.05, 0) is 32.6 Å². The van der Waals surface area contributed by atoms with E-state index in [1.165, 1.54) is 12.5 Å². The predicted molar refractivity (Wildman–Crippen MR) is 104 cm³/mol. The molecule has 0 radical (unpaired) electrons. The molecule has 0 aliphatic carbocycles. The molecule has 9 heteroatoms. The minimum atomic E-state index is -0.172. The fourth-order valence-corrected chi connectivity index (χ4v) is 3.85. The van der Waals surface area contributed by atoms with Crippen molar-refractivity contribution < 1.29 is 14.1 Å². The summed E-state index contributed by atoms with van der Waals surface area (Å²) in [5.41, 5.74) is 1.63. The number of aromatic amines is 1. The van der Waals surface area contributed by atoms with Crippen LogP contribution in [0.2, 0.25) is 0 Å². The number of carbonyl (C=O) groups excluding carboxylic acids is 2. The van der Waals surface area contributed by atoms with Crippen LogP contribution in [0.25, 0.3) is 5.52 Å². The lowest BCUT2D eigenvalue weighted by Gasteiger charge is -2.31. The molecule has 1 aliphatic heterocycles. The third kappa shape index (κ3) is 3.98. The number of rotatable bonds is 6. The van der Waals surface area contributed by atoms with Crippen LogP contribution in [0.1, 0.15) is 47.6 Å². The van der Waals surface area contributed by atoms with Crippen molar-refractivity contribution in [3.8, 4) is 0 Å². The van der Waals surface area contributed by atoms with E-state index in [1.54, 1.807) is 10.6 Å². The number of nitrogens with zero attached hydrogens (tertiary/aromatic N) is 4. The fraction of sp³-hybridized carbons (Fsp3) is 0.450. The van der Waals surface area contributed by atoms with Gasteiger partial charge in [0, 0.05) is 37.3 Å². The van der Waals surface area contributed by atoms with Crippen LogP contribution < -0.4 is 5.56 Å². The van der Waals surface area contributed by atoms with Gasteiger partial charge in [-0.15, -0.1) is 0 Å². The Morgan fingerprint density at radius 2 is 2.07 bits per heavy atom. The number of aromatic nitrogens is 4. The lowest BCUT2D eigenvalue weighted by molar-refractivity contribution is -0.132. The van der Waals surface area contributed by atoms with Gasteiger partial charge < -0.3 is 14.4 Å². The van der Waals surface area contributed by atoms with Crippen molar-refractivity contribution in [3.05, 3.63) is 52.3 Å². The van der Waals surface area contributed by atoms with Gasteiger partial charge in [-0.25, -0.2) is 4.98 Å². The van der Waals surface area contributed by atoms with Gasteiger partial charge >= 0.3 is 0 Å². The van der Waals surface area contributed by atoms with E-state index in [0.717, 1.165) is 11.5 Å². The normalized spacial score (nSPS) is 15.1. The Bertz CT molecular complexity index is 1070. The number of piperidine rings is 1. The Balaban J connectivity index is 1.27. The van der Waals surface area contributed by atoms with Crippen LogP contribution in [0.15, 0.2) is 34.2 Å². The average Bonchev–Trinajstić information content (AvgIpc) is 3.38. The number of imidazole rings is 1. The maximum atomic E-state index is 12.5. The number of carbonyl (C=O) groups is 2. The molecule has 0 aromatic carbocycles. The molecule has 0 atom stereocenters. The highest BCUT2D eigenvalue weighted by atomic mass is 16.5. The molecule has 0 spiro atoms. The van der Waals surface area contributed by atoms with E-state index in [-0.39, 0.29) is 23.2 Å². The summed E-state index contributed by atoms with van der Waals surface area (Å²) in [6.07, 6.45) is 9.20. The number of H-pyrrole nitrogens is 1. The average molecular weight is 397 g/mol. The number of hydrogen-bond acceptors (Lipinski definition) is 6. The first-order valence-electron chi connectivity index (χ1n) is 9.80. The molecule has 0 bridgehead atoms. The molecule has 3 aromatic heterocycles. The maximum Gasteiger partial charge on any atom is 0.274 e. The van der Waals surface area contributed by atoms with Crippen LogP contribution in [0.3, 0.4) is 0 Å². The minimum Gasteiger partial charge on any atom is -0.364 e. The zero-order valence-electron chi connectivity index (χ0n) is 16.3. The summed E-state index contributed by atoms with van der Waals surface area (Å²) in [6.45, 7) is 3.01. The van der Waals surface area contributed by atoms with E-state index < -0.39 is 0 Å². The molecule has 29 heavy (non-hydrogen) atoms.